The number of ether oxygens (including phenoxy) is 1. The summed E-state index contributed by atoms with van der Waals surface area (Å²) in [6.07, 6.45) is 8.11. The summed E-state index contributed by atoms with van der Waals surface area (Å²) in [5, 5.41) is 2.83. The van der Waals surface area contributed by atoms with E-state index >= 15 is 0 Å². The van der Waals surface area contributed by atoms with Crippen molar-refractivity contribution in [1.82, 2.24) is 4.90 Å². The molecule has 2 amide bonds. The van der Waals surface area contributed by atoms with E-state index in [1.807, 2.05) is 30.0 Å². The molecule has 4 bridgehead atoms. The van der Waals surface area contributed by atoms with E-state index in [0.717, 1.165) is 17.8 Å². The minimum Gasteiger partial charge on any atom is -0.497 e. The van der Waals surface area contributed by atoms with E-state index in [4.69, 9.17) is 4.74 Å². The molecule has 0 heterocycles. The number of nitrogens with one attached hydrogen (secondary N) is 1. The molecule has 6 heteroatoms. The van der Waals surface area contributed by atoms with Crippen molar-refractivity contribution < 1.29 is 14.3 Å². The van der Waals surface area contributed by atoms with E-state index in [9.17, 15) is 9.59 Å². The van der Waals surface area contributed by atoms with Crippen LogP contribution in [0.15, 0.2) is 24.3 Å². The summed E-state index contributed by atoms with van der Waals surface area (Å²) in [4.78, 5) is 26.5. The normalized spacial score (nSPS) is 30.1. The largest absolute Gasteiger partial charge is 0.497 e. The summed E-state index contributed by atoms with van der Waals surface area (Å²) in [5.41, 5.74) is 0.674. The summed E-state index contributed by atoms with van der Waals surface area (Å²) in [6, 6.07) is 7.23. The third-order valence-corrected chi connectivity index (χ3v) is 8.15. The molecule has 152 valence electrons. The molecule has 0 spiro atoms. The quantitative estimate of drug-likeness (QED) is 0.754. The van der Waals surface area contributed by atoms with Gasteiger partial charge in [0, 0.05) is 23.5 Å². The SMILES string of the molecule is COc1cccc(NC(=O)CN(C)C(=O)CSC23CC4CC(CC(C4)C2)C3)c1. The van der Waals surface area contributed by atoms with Crippen molar-refractivity contribution in [3.63, 3.8) is 0 Å². The number of anilines is 1. The summed E-state index contributed by atoms with van der Waals surface area (Å²) >= 11 is 1.87. The summed E-state index contributed by atoms with van der Waals surface area (Å²) in [6.45, 7) is 0.0669. The van der Waals surface area contributed by atoms with Crippen LogP contribution in [0.1, 0.15) is 38.5 Å². The molecule has 0 saturated heterocycles. The highest BCUT2D eigenvalue weighted by atomic mass is 32.2. The second-order valence-corrected chi connectivity index (χ2v) is 10.4. The van der Waals surface area contributed by atoms with Gasteiger partial charge < -0.3 is 15.0 Å². The Balaban J connectivity index is 1.26. The fourth-order valence-corrected chi connectivity index (χ4v) is 7.45. The van der Waals surface area contributed by atoms with Crippen LogP contribution in [0.2, 0.25) is 0 Å². The maximum absolute atomic E-state index is 12.6. The molecule has 28 heavy (non-hydrogen) atoms. The minimum atomic E-state index is -0.191. The van der Waals surface area contributed by atoms with Gasteiger partial charge in [-0.05, 0) is 68.4 Å². The molecule has 5 rings (SSSR count). The lowest BCUT2D eigenvalue weighted by Gasteiger charge is -2.56. The Bertz CT molecular complexity index is 716. The van der Waals surface area contributed by atoms with Gasteiger partial charge in [0.25, 0.3) is 0 Å². The number of rotatable bonds is 7. The topological polar surface area (TPSA) is 58.6 Å². The van der Waals surface area contributed by atoms with E-state index < -0.39 is 0 Å². The van der Waals surface area contributed by atoms with Gasteiger partial charge in [0.2, 0.25) is 11.8 Å². The molecule has 5 nitrogen and oxygen atoms in total. The van der Waals surface area contributed by atoms with E-state index in [0.29, 0.717) is 21.9 Å². The lowest BCUT2D eigenvalue weighted by Crippen LogP contribution is -2.49. The predicted octanol–water partition coefficient (Wildman–Crippen LogP) is 3.79. The fraction of sp³-hybridized carbons (Fsp3) is 0.636. The first-order chi connectivity index (χ1) is 13.4. The highest BCUT2D eigenvalue weighted by Gasteiger charge is 2.51. The van der Waals surface area contributed by atoms with Gasteiger partial charge >= 0.3 is 0 Å². The number of amides is 2. The molecule has 1 aromatic carbocycles. The number of carbonyl (C=O) groups excluding carboxylic acids is 2. The molecule has 1 aromatic rings. The van der Waals surface area contributed by atoms with E-state index in [2.05, 4.69) is 5.32 Å². The maximum atomic E-state index is 12.6. The zero-order valence-electron chi connectivity index (χ0n) is 16.8. The first-order valence-corrected chi connectivity index (χ1v) is 11.2. The van der Waals surface area contributed by atoms with Gasteiger partial charge in [-0.15, -0.1) is 11.8 Å². The van der Waals surface area contributed by atoms with Crippen LogP contribution >= 0.6 is 11.8 Å². The lowest BCUT2D eigenvalue weighted by atomic mass is 9.56. The minimum absolute atomic E-state index is 0.0431. The number of nitrogens with zero attached hydrogens (tertiary/aromatic N) is 1. The van der Waals surface area contributed by atoms with Gasteiger partial charge in [0.05, 0.1) is 19.4 Å². The summed E-state index contributed by atoms with van der Waals surface area (Å²) in [5.74, 6) is 3.69. The van der Waals surface area contributed by atoms with Crippen LogP contribution in [0.25, 0.3) is 0 Å². The number of likely N-dealkylation sites (N-methyl/N-ethyl adjacent to an activating group) is 1. The second-order valence-electron chi connectivity index (χ2n) is 8.92. The fourth-order valence-electron chi connectivity index (χ4n) is 5.74. The number of benzene rings is 1. The van der Waals surface area contributed by atoms with E-state index in [-0.39, 0.29) is 18.4 Å². The van der Waals surface area contributed by atoms with E-state index in [1.165, 1.54) is 38.5 Å². The third-order valence-electron chi connectivity index (χ3n) is 6.64. The van der Waals surface area contributed by atoms with Crippen LogP contribution in [-0.2, 0) is 9.59 Å². The van der Waals surface area contributed by atoms with Crippen LogP contribution in [-0.4, -0.2) is 47.9 Å². The molecule has 0 aliphatic heterocycles. The Morgan fingerprint density at radius 1 is 1.18 bits per heavy atom. The maximum Gasteiger partial charge on any atom is 0.243 e. The smallest absolute Gasteiger partial charge is 0.243 e. The zero-order valence-corrected chi connectivity index (χ0v) is 17.6. The van der Waals surface area contributed by atoms with Crippen LogP contribution in [0.5, 0.6) is 5.75 Å². The van der Waals surface area contributed by atoms with Gasteiger partial charge in [-0.25, -0.2) is 0 Å². The monoisotopic (exact) mass is 402 g/mol. The van der Waals surface area contributed by atoms with Crippen molar-refractivity contribution in [2.24, 2.45) is 17.8 Å². The Hall–Kier alpha value is -1.69. The first-order valence-electron chi connectivity index (χ1n) is 10.3. The molecular weight excluding hydrogens is 372 g/mol. The summed E-state index contributed by atoms with van der Waals surface area (Å²) < 4.78 is 5.50. The van der Waals surface area contributed by atoms with Gasteiger partial charge in [-0.2, -0.15) is 0 Å². The molecule has 1 N–H and O–H groups in total. The van der Waals surface area contributed by atoms with Crippen molar-refractivity contribution in [3.05, 3.63) is 24.3 Å². The Morgan fingerprint density at radius 2 is 1.82 bits per heavy atom. The number of hydrogen-bond donors (Lipinski definition) is 1. The molecule has 0 radical (unpaired) electrons. The number of carbonyl (C=O) groups is 2. The molecule has 0 atom stereocenters. The molecular formula is C22H30N2O3S. The molecule has 4 fully saturated rings. The Kier molecular flexibility index (Phi) is 5.59. The highest BCUT2D eigenvalue weighted by Crippen LogP contribution is 2.60. The Labute approximate surface area is 171 Å². The zero-order chi connectivity index (χ0) is 19.7. The van der Waals surface area contributed by atoms with Gasteiger partial charge in [-0.1, -0.05) is 6.07 Å². The van der Waals surface area contributed by atoms with Crippen LogP contribution in [0, 0.1) is 17.8 Å². The van der Waals surface area contributed by atoms with Crippen molar-refractivity contribution in [1.29, 1.82) is 0 Å². The lowest BCUT2D eigenvalue weighted by molar-refractivity contribution is -0.131. The molecule has 4 saturated carbocycles. The average molecular weight is 403 g/mol. The molecule has 0 aromatic heterocycles. The highest BCUT2D eigenvalue weighted by molar-refractivity contribution is 8.01. The van der Waals surface area contributed by atoms with Gasteiger partial charge in [0.1, 0.15) is 5.75 Å². The average Bonchev–Trinajstić information content (AvgIpc) is 2.65. The van der Waals surface area contributed by atoms with Crippen molar-refractivity contribution in [2.45, 2.75) is 43.3 Å². The van der Waals surface area contributed by atoms with Crippen LogP contribution < -0.4 is 10.1 Å². The van der Waals surface area contributed by atoms with Crippen LogP contribution in [0.4, 0.5) is 5.69 Å². The second kappa shape index (κ2) is 7.97. The van der Waals surface area contributed by atoms with Crippen LogP contribution in [0.3, 0.4) is 0 Å². The van der Waals surface area contributed by atoms with Crippen molar-refractivity contribution in [3.8, 4) is 5.75 Å². The third kappa shape index (κ3) is 4.32. The number of methoxy groups -OCH3 is 1. The number of thioether (sulfide) groups is 1. The summed E-state index contributed by atoms with van der Waals surface area (Å²) in [7, 11) is 3.31. The number of hydrogen-bond acceptors (Lipinski definition) is 4. The molecule has 4 aliphatic rings. The predicted molar refractivity (Wildman–Crippen MR) is 113 cm³/mol. The first kappa shape index (κ1) is 19.6. The Morgan fingerprint density at radius 3 is 2.43 bits per heavy atom. The molecule has 0 unspecified atom stereocenters. The van der Waals surface area contributed by atoms with E-state index in [1.54, 1.807) is 25.1 Å². The van der Waals surface area contributed by atoms with Gasteiger partial charge in [0.15, 0.2) is 0 Å². The van der Waals surface area contributed by atoms with Crippen molar-refractivity contribution in [2.75, 3.05) is 31.8 Å². The van der Waals surface area contributed by atoms with Gasteiger partial charge in [-0.3, -0.25) is 9.59 Å². The standard InChI is InChI=1S/C22H30N2O3S/c1-24(13-20(25)23-18-4-3-5-19(9-18)27-2)21(26)14-28-22-10-15-6-16(11-22)8-17(7-15)12-22/h3-5,9,15-17H,6-8,10-14H2,1-2H3,(H,23,25). The van der Waals surface area contributed by atoms with Crippen molar-refractivity contribution >= 4 is 29.3 Å². The molecule has 4 aliphatic carbocycles.